The van der Waals surface area contributed by atoms with Crippen LogP contribution in [0.15, 0.2) is 18.2 Å². The molecule has 1 aromatic carbocycles. The van der Waals surface area contributed by atoms with E-state index in [-0.39, 0.29) is 0 Å². The average Bonchev–Trinajstić information content (AvgIpc) is 2.39. The van der Waals surface area contributed by atoms with E-state index in [2.05, 4.69) is 10.6 Å². The lowest BCUT2D eigenvalue weighted by atomic mass is 10.2. The van der Waals surface area contributed by atoms with Gasteiger partial charge in [0, 0.05) is 13.6 Å². The van der Waals surface area contributed by atoms with Crippen molar-refractivity contribution < 1.29 is 9.47 Å². The first-order valence-electron chi connectivity index (χ1n) is 6.05. The van der Waals surface area contributed by atoms with E-state index in [1.807, 2.05) is 32.0 Å². The summed E-state index contributed by atoms with van der Waals surface area (Å²) in [7, 11) is 1.79. The topological polar surface area (TPSA) is 42.5 Å². The number of ether oxygens (including phenoxy) is 2. The van der Waals surface area contributed by atoms with Crippen molar-refractivity contribution in [3.05, 3.63) is 23.8 Å². The maximum Gasteiger partial charge on any atom is 0.166 e. The van der Waals surface area contributed by atoms with Crippen molar-refractivity contribution in [3.63, 3.8) is 0 Å². The Labute approximate surface area is 114 Å². The molecule has 0 fully saturated rings. The summed E-state index contributed by atoms with van der Waals surface area (Å²) >= 11 is 5.03. The first-order valence-corrected chi connectivity index (χ1v) is 6.46. The molecule has 4 nitrogen and oxygen atoms in total. The summed E-state index contributed by atoms with van der Waals surface area (Å²) in [6.45, 7) is 5.81. The number of hydrogen-bond acceptors (Lipinski definition) is 3. The highest BCUT2D eigenvalue weighted by atomic mass is 32.1. The third kappa shape index (κ3) is 4.41. The van der Waals surface area contributed by atoms with Crippen LogP contribution in [0.1, 0.15) is 19.4 Å². The van der Waals surface area contributed by atoms with Crippen LogP contribution in [0.3, 0.4) is 0 Å². The molecule has 18 heavy (non-hydrogen) atoms. The Hall–Kier alpha value is -1.49. The number of hydrogen-bond donors (Lipinski definition) is 2. The fraction of sp³-hybridized carbons (Fsp3) is 0.462. The van der Waals surface area contributed by atoms with Crippen LogP contribution >= 0.6 is 12.2 Å². The van der Waals surface area contributed by atoms with Gasteiger partial charge < -0.3 is 20.1 Å². The summed E-state index contributed by atoms with van der Waals surface area (Å²) < 4.78 is 11.1. The predicted octanol–water partition coefficient (Wildman–Crippen LogP) is 2.08. The minimum absolute atomic E-state index is 0.617. The first-order chi connectivity index (χ1) is 8.71. The standard InChI is InChI=1S/C13H20N2O2S/c1-4-16-11-7-6-10(8-12(11)17-5-2)9-15-13(18)14-3/h6-8H,4-5,9H2,1-3H3,(H2,14,15,18). The molecule has 1 aromatic rings. The molecule has 0 aliphatic rings. The molecule has 5 heteroatoms. The second-order valence-electron chi connectivity index (χ2n) is 3.58. The Kier molecular flexibility index (Phi) is 6.28. The maximum atomic E-state index is 5.56. The third-order valence-corrected chi connectivity index (χ3v) is 2.64. The van der Waals surface area contributed by atoms with Gasteiger partial charge in [-0.25, -0.2) is 0 Å². The Morgan fingerprint density at radius 2 is 1.83 bits per heavy atom. The molecular formula is C13H20N2O2S. The van der Waals surface area contributed by atoms with Crippen LogP contribution in [0.5, 0.6) is 11.5 Å². The van der Waals surface area contributed by atoms with E-state index in [0.717, 1.165) is 17.1 Å². The molecule has 0 heterocycles. The van der Waals surface area contributed by atoms with Crippen molar-refractivity contribution in [2.75, 3.05) is 20.3 Å². The van der Waals surface area contributed by atoms with E-state index in [1.165, 1.54) is 0 Å². The fourth-order valence-electron chi connectivity index (χ4n) is 1.48. The molecule has 0 spiro atoms. The van der Waals surface area contributed by atoms with E-state index in [0.29, 0.717) is 24.9 Å². The van der Waals surface area contributed by atoms with Gasteiger partial charge >= 0.3 is 0 Å². The zero-order valence-electron chi connectivity index (χ0n) is 11.1. The summed E-state index contributed by atoms with van der Waals surface area (Å²) in [5.74, 6) is 1.55. The Morgan fingerprint density at radius 3 is 2.44 bits per heavy atom. The summed E-state index contributed by atoms with van der Waals surface area (Å²) in [6, 6.07) is 5.90. The first kappa shape index (κ1) is 14.6. The lowest BCUT2D eigenvalue weighted by Crippen LogP contribution is -2.31. The lowest BCUT2D eigenvalue weighted by molar-refractivity contribution is 0.287. The Balaban J connectivity index is 2.75. The van der Waals surface area contributed by atoms with Gasteiger partial charge in [0.15, 0.2) is 16.6 Å². The Morgan fingerprint density at radius 1 is 1.17 bits per heavy atom. The molecular weight excluding hydrogens is 248 g/mol. The SMILES string of the molecule is CCOc1ccc(CNC(=S)NC)cc1OCC. The number of nitrogens with one attached hydrogen (secondary N) is 2. The highest BCUT2D eigenvalue weighted by Gasteiger charge is 2.06. The van der Waals surface area contributed by atoms with Crippen molar-refractivity contribution in [2.45, 2.75) is 20.4 Å². The van der Waals surface area contributed by atoms with Crippen LogP contribution in [0, 0.1) is 0 Å². The summed E-state index contributed by atoms with van der Waals surface area (Å²) in [5, 5.41) is 6.59. The average molecular weight is 268 g/mol. The van der Waals surface area contributed by atoms with Gasteiger partial charge in [0.25, 0.3) is 0 Å². The van der Waals surface area contributed by atoms with Crippen LogP contribution in [-0.4, -0.2) is 25.4 Å². The normalized spacial score (nSPS) is 9.72. The summed E-state index contributed by atoms with van der Waals surface area (Å²) in [6.07, 6.45) is 0. The highest BCUT2D eigenvalue weighted by molar-refractivity contribution is 7.80. The molecule has 2 N–H and O–H groups in total. The molecule has 100 valence electrons. The third-order valence-electron chi connectivity index (χ3n) is 2.29. The molecule has 0 bridgehead atoms. The number of benzene rings is 1. The van der Waals surface area contributed by atoms with Crippen molar-refractivity contribution in [1.29, 1.82) is 0 Å². The predicted molar refractivity (Wildman–Crippen MR) is 77.3 cm³/mol. The van der Waals surface area contributed by atoms with Gasteiger partial charge in [-0.05, 0) is 43.8 Å². The molecule has 1 rings (SSSR count). The van der Waals surface area contributed by atoms with E-state index < -0.39 is 0 Å². The van der Waals surface area contributed by atoms with E-state index in [4.69, 9.17) is 21.7 Å². The molecule has 0 radical (unpaired) electrons. The van der Waals surface area contributed by atoms with Gasteiger partial charge in [-0.15, -0.1) is 0 Å². The molecule has 0 amide bonds. The fourth-order valence-corrected chi connectivity index (χ4v) is 1.55. The molecule has 0 saturated heterocycles. The van der Waals surface area contributed by atoms with E-state index >= 15 is 0 Å². The second-order valence-corrected chi connectivity index (χ2v) is 3.99. The smallest absolute Gasteiger partial charge is 0.166 e. The van der Waals surface area contributed by atoms with Crippen molar-refractivity contribution in [1.82, 2.24) is 10.6 Å². The summed E-state index contributed by atoms with van der Waals surface area (Å²) in [5.41, 5.74) is 1.10. The van der Waals surface area contributed by atoms with Crippen LogP contribution in [0.2, 0.25) is 0 Å². The highest BCUT2D eigenvalue weighted by Crippen LogP contribution is 2.28. The molecule has 0 atom stereocenters. The zero-order chi connectivity index (χ0) is 13.4. The quantitative estimate of drug-likeness (QED) is 0.773. The van der Waals surface area contributed by atoms with Crippen molar-refractivity contribution in [3.8, 4) is 11.5 Å². The lowest BCUT2D eigenvalue weighted by Gasteiger charge is -2.13. The van der Waals surface area contributed by atoms with Gasteiger partial charge in [-0.1, -0.05) is 6.07 Å². The molecule has 0 saturated carbocycles. The van der Waals surface area contributed by atoms with Gasteiger partial charge in [0.2, 0.25) is 0 Å². The molecule has 0 aliphatic heterocycles. The number of thiocarbonyl (C=S) groups is 1. The maximum absolute atomic E-state index is 5.56. The zero-order valence-corrected chi connectivity index (χ0v) is 11.9. The van der Waals surface area contributed by atoms with Crippen LogP contribution < -0.4 is 20.1 Å². The second kappa shape index (κ2) is 7.76. The summed E-state index contributed by atoms with van der Waals surface area (Å²) in [4.78, 5) is 0. The van der Waals surface area contributed by atoms with E-state index in [9.17, 15) is 0 Å². The van der Waals surface area contributed by atoms with E-state index in [1.54, 1.807) is 7.05 Å². The van der Waals surface area contributed by atoms with Crippen LogP contribution in [-0.2, 0) is 6.54 Å². The largest absolute Gasteiger partial charge is 0.490 e. The van der Waals surface area contributed by atoms with Crippen molar-refractivity contribution in [2.24, 2.45) is 0 Å². The minimum Gasteiger partial charge on any atom is -0.490 e. The monoisotopic (exact) mass is 268 g/mol. The van der Waals surface area contributed by atoms with Gasteiger partial charge in [0.1, 0.15) is 0 Å². The number of rotatable bonds is 6. The Bertz CT molecular complexity index is 397. The minimum atomic E-state index is 0.617. The van der Waals surface area contributed by atoms with Crippen LogP contribution in [0.4, 0.5) is 0 Å². The van der Waals surface area contributed by atoms with Crippen LogP contribution in [0.25, 0.3) is 0 Å². The van der Waals surface area contributed by atoms with Crippen molar-refractivity contribution >= 4 is 17.3 Å². The molecule has 0 unspecified atom stereocenters. The molecule has 0 aromatic heterocycles. The van der Waals surface area contributed by atoms with Gasteiger partial charge in [-0.3, -0.25) is 0 Å². The van der Waals surface area contributed by atoms with Gasteiger partial charge in [-0.2, -0.15) is 0 Å². The van der Waals surface area contributed by atoms with Gasteiger partial charge in [0.05, 0.1) is 13.2 Å². The molecule has 0 aliphatic carbocycles.